The van der Waals surface area contributed by atoms with Crippen LogP contribution in [0.2, 0.25) is 0 Å². The van der Waals surface area contributed by atoms with Crippen molar-refractivity contribution in [3.8, 4) is 0 Å². The maximum absolute atomic E-state index is 13.4. The number of carbonyl (C=O) groups excluding carboxylic acids is 3. The maximum Gasteiger partial charge on any atom is 0.410 e. The minimum atomic E-state index is -0.699. The molecule has 180 valence electrons. The Kier molecular flexibility index (Phi) is 5.98. The summed E-state index contributed by atoms with van der Waals surface area (Å²) >= 11 is 0. The molecule has 3 aromatic rings. The Balaban J connectivity index is 1.24. The number of nitrogens with zero attached hydrogens (tertiary/aromatic N) is 4. The van der Waals surface area contributed by atoms with E-state index in [0.29, 0.717) is 43.9 Å². The summed E-state index contributed by atoms with van der Waals surface area (Å²) < 4.78 is 7.34. The highest BCUT2D eigenvalue weighted by Gasteiger charge is 2.50. The van der Waals surface area contributed by atoms with E-state index >= 15 is 0 Å². The molecule has 0 saturated carbocycles. The summed E-state index contributed by atoms with van der Waals surface area (Å²) in [6, 6.07) is 18.5. The molecule has 1 atom stereocenters. The molecular formula is C26H27N5O4. The molecule has 2 aliphatic rings. The van der Waals surface area contributed by atoms with E-state index in [9.17, 15) is 14.4 Å². The smallest absolute Gasteiger partial charge is 0.410 e. The second-order valence-corrected chi connectivity index (χ2v) is 9.06. The molecule has 3 heterocycles. The van der Waals surface area contributed by atoms with E-state index in [1.54, 1.807) is 58.1 Å². The van der Waals surface area contributed by atoms with Gasteiger partial charge in [-0.1, -0.05) is 42.5 Å². The molecule has 2 saturated heterocycles. The van der Waals surface area contributed by atoms with Crippen LogP contribution in [-0.2, 0) is 18.2 Å². The molecule has 5 rings (SSSR count). The largest absolute Gasteiger partial charge is 0.439 e. The number of benzene rings is 2. The summed E-state index contributed by atoms with van der Waals surface area (Å²) in [7, 11) is 1.73. The minimum Gasteiger partial charge on any atom is -0.439 e. The number of likely N-dealkylation sites (tertiary alicyclic amines) is 1. The Labute approximate surface area is 203 Å². The summed E-state index contributed by atoms with van der Waals surface area (Å²) in [4.78, 5) is 42.0. The van der Waals surface area contributed by atoms with Gasteiger partial charge in [0.1, 0.15) is 0 Å². The lowest BCUT2D eigenvalue weighted by atomic mass is 10.0. The van der Waals surface area contributed by atoms with Gasteiger partial charge in [0.25, 0.3) is 11.8 Å². The van der Waals surface area contributed by atoms with Gasteiger partial charge in [0.05, 0.1) is 24.3 Å². The zero-order chi connectivity index (χ0) is 24.4. The van der Waals surface area contributed by atoms with Crippen LogP contribution < -0.4 is 5.32 Å². The maximum atomic E-state index is 13.4. The number of hydrogen-bond acceptors (Lipinski definition) is 5. The van der Waals surface area contributed by atoms with E-state index in [2.05, 4.69) is 10.4 Å². The molecule has 0 radical (unpaired) electrons. The van der Waals surface area contributed by atoms with Crippen LogP contribution in [0.5, 0.6) is 0 Å². The summed E-state index contributed by atoms with van der Waals surface area (Å²) in [6.07, 6.45) is 2.67. The van der Waals surface area contributed by atoms with Gasteiger partial charge in [-0.05, 0) is 30.2 Å². The van der Waals surface area contributed by atoms with Crippen molar-refractivity contribution in [2.75, 3.05) is 31.5 Å². The molecule has 2 aromatic carbocycles. The summed E-state index contributed by atoms with van der Waals surface area (Å²) in [5.74, 6) is -0.597. The van der Waals surface area contributed by atoms with Gasteiger partial charge in [-0.3, -0.25) is 14.3 Å². The molecule has 2 aliphatic heterocycles. The van der Waals surface area contributed by atoms with Crippen molar-refractivity contribution < 1.29 is 19.1 Å². The first kappa shape index (κ1) is 22.6. The van der Waals surface area contributed by atoms with Crippen LogP contribution in [0.3, 0.4) is 0 Å². The van der Waals surface area contributed by atoms with Crippen molar-refractivity contribution >= 4 is 23.6 Å². The van der Waals surface area contributed by atoms with Crippen molar-refractivity contribution in [1.82, 2.24) is 19.6 Å². The molecule has 3 amide bonds. The van der Waals surface area contributed by atoms with E-state index in [1.165, 1.54) is 0 Å². The van der Waals surface area contributed by atoms with Crippen LogP contribution >= 0.6 is 0 Å². The van der Waals surface area contributed by atoms with E-state index in [-0.39, 0.29) is 23.6 Å². The van der Waals surface area contributed by atoms with Gasteiger partial charge in [0, 0.05) is 32.8 Å². The fraction of sp³-hybridized carbons (Fsp3) is 0.308. The molecule has 0 bridgehead atoms. The zero-order valence-electron chi connectivity index (χ0n) is 19.5. The highest BCUT2D eigenvalue weighted by atomic mass is 16.6. The number of nitrogens with one attached hydrogen (secondary N) is 1. The molecule has 0 aliphatic carbocycles. The van der Waals surface area contributed by atoms with Crippen LogP contribution in [0, 0.1) is 0 Å². The Morgan fingerprint density at radius 3 is 2.60 bits per heavy atom. The predicted molar refractivity (Wildman–Crippen MR) is 129 cm³/mol. The normalized spacial score (nSPS) is 19.3. The number of rotatable bonds is 6. The highest BCUT2D eigenvalue weighted by Crippen LogP contribution is 2.34. The average Bonchev–Trinajstić information content (AvgIpc) is 3.57. The molecule has 1 N–H and O–H groups in total. The van der Waals surface area contributed by atoms with Crippen LogP contribution in [0.4, 0.5) is 10.5 Å². The van der Waals surface area contributed by atoms with Gasteiger partial charge in [-0.2, -0.15) is 5.10 Å². The van der Waals surface area contributed by atoms with Gasteiger partial charge in [0.2, 0.25) is 0 Å². The Hall–Kier alpha value is -4.14. The van der Waals surface area contributed by atoms with E-state index in [4.69, 9.17) is 4.74 Å². The molecule has 1 spiro atoms. The second kappa shape index (κ2) is 9.25. The summed E-state index contributed by atoms with van der Waals surface area (Å²) in [5, 5.41) is 6.91. The summed E-state index contributed by atoms with van der Waals surface area (Å²) in [5.41, 5.74) is 1.54. The van der Waals surface area contributed by atoms with Crippen molar-refractivity contribution in [2.45, 2.75) is 18.4 Å². The molecule has 9 nitrogen and oxygen atoms in total. The fourth-order valence-corrected chi connectivity index (χ4v) is 4.68. The van der Waals surface area contributed by atoms with Gasteiger partial charge >= 0.3 is 6.09 Å². The SMILES string of the molecule is Cn1ccc(C(=O)Nc2ccccc2C(=O)N2CC[C@]3(CN(CCc4ccccc4)C(=O)O3)C2)n1. The molecule has 0 unspecified atom stereocenters. The number of para-hydroxylation sites is 1. The standard InChI is InChI=1S/C26H27N5O4/c1-29-14-12-22(28-29)23(32)27-21-10-6-5-9-20(21)24(33)30-16-13-26(17-30)18-31(25(34)35-26)15-11-19-7-3-2-4-8-19/h2-10,12,14H,11,13,15-18H2,1H3,(H,27,32)/t26-/m1/s1. The van der Waals surface area contributed by atoms with Crippen LogP contribution in [0.1, 0.15) is 32.8 Å². The second-order valence-electron chi connectivity index (χ2n) is 9.06. The predicted octanol–water partition coefficient (Wildman–Crippen LogP) is 2.95. The molecule has 2 fully saturated rings. The van der Waals surface area contributed by atoms with Gasteiger partial charge < -0.3 is 19.9 Å². The third kappa shape index (κ3) is 4.75. The van der Waals surface area contributed by atoms with Crippen molar-refractivity contribution in [1.29, 1.82) is 0 Å². The van der Waals surface area contributed by atoms with Crippen molar-refractivity contribution in [3.05, 3.63) is 83.7 Å². The van der Waals surface area contributed by atoms with E-state index in [0.717, 1.165) is 12.0 Å². The number of ether oxygens (including phenoxy) is 1. The van der Waals surface area contributed by atoms with Crippen LogP contribution in [0.15, 0.2) is 66.9 Å². The lowest BCUT2D eigenvalue weighted by molar-refractivity contribution is 0.0553. The first-order valence-corrected chi connectivity index (χ1v) is 11.6. The molecule has 9 heteroatoms. The van der Waals surface area contributed by atoms with Crippen molar-refractivity contribution in [2.24, 2.45) is 7.05 Å². The van der Waals surface area contributed by atoms with Gasteiger partial charge in [-0.25, -0.2) is 4.79 Å². The van der Waals surface area contributed by atoms with Gasteiger partial charge in [0.15, 0.2) is 11.3 Å². The Morgan fingerprint density at radius 1 is 1.06 bits per heavy atom. The number of aryl methyl sites for hydroxylation is 1. The number of anilines is 1. The number of aromatic nitrogens is 2. The zero-order valence-corrected chi connectivity index (χ0v) is 19.5. The fourth-order valence-electron chi connectivity index (χ4n) is 4.68. The number of carbonyl (C=O) groups is 3. The highest BCUT2D eigenvalue weighted by molar-refractivity contribution is 6.08. The molecular weight excluding hydrogens is 446 g/mol. The third-order valence-electron chi connectivity index (χ3n) is 6.51. The topological polar surface area (TPSA) is 96.8 Å². The van der Waals surface area contributed by atoms with E-state index < -0.39 is 5.60 Å². The lowest BCUT2D eigenvalue weighted by Crippen LogP contribution is -2.40. The Morgan fingerprint density at radius 2 is 1.83 bits per heavy atom. The van der Waals surface area contributed by atoms with Gasteiger partial charge in [-0.15, -0.1) is 0 Å². The monoisotopic (exact) mass is 473 g/mol. The van der Waals surface area contributed by atoms with E-state index in [1.807, 2.05) is 30.3 Å². The first-order chi connectivity index (χ1) is 16.9. The molecule has 35 heavy (non-hydrogen) atoms. The Bertz CT molecular complexity index is 1260. The van der Waals surface area contributed by atoms with Crippen molar-refractivity contribution in [3.63, 3.8) is 0 Å². The number of amides is 3. The quantitative estimate of drug-likeness (QED) is 0.594. The van der Waals surface area contributed by atoms with Crippen LogP contribution in [0.25, 0.3) is 0 Å². The first-order valence-electron chi connectivity index (χ1n) is 11.6. The average molecular weight is 474 g/mol. The molecule has 1 aromatic heterocycles. The summed E-state index contributed by atoms with van der Waals surface area (Å²) in [6.45, 7) is 1.82. The third-order valence-corrected chi connectivity index (χ3v) is 6.51. The van der Waals surface area contributed by atoms with Crippen LogP contribution in [-0.4, -0.2) is 69.3 Å². The lowest BCUT2D eigenvalue weighted by Gasteiger charge is -2.23. The number of hydrogen-bond donors (Lipinski definition) is 1. The minimum absolute atomic E-state index is 0.211.